The number of benzene rings is 2. The van der Waals surface area contributed by atoms with Gasteiger partial charge in [0.25, 0.3) is 0 Å². The van der Waals surface area contributed by atoms with Crippen molar-refractivity contribution < 1.29 is 18.9 Å². The second-order valence-corrected chi connectivity index (χ2v) is 6.49. The quantitative estimate of drug-likeness (QED) is 0.274. The molecular weight excluding hydrogens is 400 g/mol. The summed E-state index contributed by atoms with van der Waals surface area (Å²) in [5.74, 6) is 1.25. The Hall–Kier alpha value is -2.04. The van der Waals surface area contributed by atoms with Gasteiger partial charge in [0.1, 0.15) is 24.7 Å². The molecule has 0 spiro atoms. The molecule has 0 radical (unpaired) electrons. The largest absolute Gasteiger partial charge is 0.491 e. The van der Waals surface area contributed by atoms with E-state index in [-0.39, 0.29) is 0 Å². The van der Waals surface area contributed by atoms with Gasteiger partial charge in [0, 0.05) is 12.8 Å². The minimum Gasteiger partial charge on any atom is -0.491 e. The van der Waals surface area contributed by atoms with Gasteiger partial charge in [-0.2, -0.15) is 0 Å². The van der Waals surface area contributed by atoms with Gasteiger partial charge in [-0.25, -0.2) is 0 Å². The topological polar surface area (TPSA) is 36.9 Å². The smallest absolute Gasteiger partial charge is 0.168 e. The lowest BCUT2D eigenvalue weighted by atomic mass is 9.94. The minimum absolute atomic E-state index is 0.488. The van der Waals surface area contributed by atoms with Gasteiger partial charge in [0.15, 0.2) is 5.79 Å². The lowest BCUT2D eigenvalue weighted by molar-refractivity contribution is -0.256. The zero-order valence-corrected chi connectivity index (χ0v) is 21.3. The van der Waals surface area contributed by atoms with Gasteiger partial charge in [-0.1, -0.05) is 84.4 Å². The van der Waals surface area contributed by atoms with Crippen LogP contribution in [0.5, 0.6) is 11.5 Å². The van der Waals surface area contributed by atoms with Crippen molar-refractivity contribution in [2.24, 2.45) is 0 Å². The van der Waals surface area contributed by atoms with Gasteiger partial charge in [-0.05, 0) is 37.1 Å². The molecule has 0 heterocycles. The van der Waals surface area contributed by atoms with Crippen LogP contribution in [-0.4, -0.2) is 32.2 Å². The van der Waals surface area contributed by atoms with Gasteiger partial charge in [-0.3, -0.25) is 0 Å². The number of rotatable bonds is 10. The highest BCUT2D eigenvalue weighted by Crippen LogP contribution is 2.32. The summed E-state index contributed by atoms with van der Waals surface area (Å²) in [5, 5.41) is 0. The van der Waals surface area contributed by atoms with E-state index in [9.17, 15) is 0 Å². The Labute approximate surface area is 197 Å². The van der Waals surface area contributed by atoms with E-state index >= 15 is 0 Å². The van der Waals surface area contributed by atoms with Crippen molar-refractivity contribution in [3.05, 3.63) is 60.7 Å². The first-order valence-corrected chi connectivity index (χ1v) is 12.5. The summed E-state index contributed by atoms with van der Waals surface area (Å²) in [6.07, 6.45) is 5.39. The Kier molecular flexibility index (Phi) is 19.5. The van der Waals surface area contributed by atoms with E-state index in [1.165, 1.54) is 6.42 Å². The van der Waals surface area contributed by atoms with Crippen LogP contribution in [0.2, 0.25) is 0 Å². The first-order valence-electron chi connectivity index (χ1n) is 12.5. The van der Waals surface area contributed by atoms with Crippen LogP contribution in [0, 0.1) is 0 Å². The third-order valence-corrected chi connectivity index (χ3v) is 4.54. The fourth-order valence-electron chi connectivity index (χ4n) is 3.23. The maximum atomic E-state index is 6.14. The monoisotopic (exact) mass is 446 g/mol. The number of hydrogen-bond acceptors (Lipinski definition) is 4. The number of ether oxygens (including phenoxy) is 4. The lowest BCUT2D eigenvalue weighted by Gasteiger charge is -2.37. The zero-order chi connectivity index (χ0) is 23.9. The van der Waals surface area contributed by atoms with E-state index < -0.39 is 5.79 Å². The number of hydrogen-bond donors (Lipinski definition) is 0. The van der Waals surface area contributed by atoms with Crippen molar-refractivity contribution in [1.82, 2.24) is 0 Å². The van der Waals surface area contributed by atoms with E-state index in [0.717, 1.165) is 37.2 Å². The molecule has 32 heavy (non-hydrogen) atoms. The van der Waals surface area contributed by atoms with E-state index in [1.807, 2.05) is 102 Å². The molecule has 182 valence electrons. The number of para-hydroxylation sites is 2. The van der Waals surface area contributed by atoms with Crippen molar-refractivity contribution in [3.63, 3.8) is 0 Å². The summed E-state index contributed by atoms with van der Waals surface area (Å²) in [6, 6.07) is 19.6. The highest BCUT2D eigenvalue weighted by Gasteiger charge is 2.33. The molecule has 2 aromatic carbocycles. The van der Waals surface area contributed by atoms with E-state index in [4.69, 9.17) is 18.9 Å². The molecule has 0 bridgehead atoms. The Morgan fingerprint density at radius 3 is 1.28 bits per heavy atom. The van der Waals surface area contributed by atoms with E-state index in [2.05, 4.69) is 0 Å². The molecule has 0 N–H and O–H groups in total. The van der Waals surface area contributed by atoms with Crippen LogP contribution in [0.15, 0.2) is 60.7 Å². The summed E-state index contributed by atoms with van der Waals surface area (Å²) in [5.41, 5.74) is 0. The van der Waals surface area contributed by atoms with Crippen molar-refractivity contribution in [2.75, 3.05) is 26.4 Å². The van der Waals surface area contributed by atoms with Crippen LogP contribution < -0.4 is 9.47 Å². The molecule has 0 amide bonds. The van der Waals surface area contributed by atoms with Gasteiger partial charge in [-0.15, -0.1) is 0 Å². The Bertz CT molecular complexity index is 560. The SMILES string of the molecule is CC.CC.CC.c1ccc(OCCOC2(OCCOc3ccccc3)CCCCC2)cc1. The predicted molar refractivity (Wildman–Crippen MR) is 136 cm³/mol. The fraction of sp³-hybridized carbons (Fsp3) is 0.571. The standard InChI is InChI=1S/C22H28O4.3C2H6/c1-4-10-20(11-5-1)23-16-18-25-22(14-8-3-9-15-22)26-19-17-24-21-12-6-2-7-13-21;3*1-2/h1-2,4-7,10-13H,3,8-9,14-19H2;3*1-2H3. The highest BCUT2D eigenvalue weighted by atomic mass is 16.7. The average Bonchev–Trinajstić information content (AvgIpc) is 2.90. The van der Waals surface area contributed by atoms with Crippen molar-refractivity contribution in [3.8, 4) is 11.5 Å². The minimum atomic E-state index is -0.488. The molecule has 2 aromatic rings. The van der Waals surface area contributed by atoms with Crippen LogP contribution in [0.1, 0.15) is 73.6 Å². The van der Waals surface area contributed by atoms with Crippen LogP contribution >= 0.6 is 0 Å². The zero-order valence-electron chi connectivity index (χ0n) is 21.3. The van der Waals surface area contributed by atoms with Crippen LogP contribution in [0.25, 0.3) is 0 Å². The molecule has 3 rings (SSSR count). The van der Waals surface area contributed by atoms with Crippen molar-refractivity contribution in [2.45, 2.75) is 79.4 Å². The van der Waals surface area contributed by atoms with Gasteiger partial charge < -0.3 is 18.9 Å². The molecule has 1 fully saturated rings. The third-order valence-electron chi connectivity index (χ3n) is 4.54. The van der Waals surface area contributed by atoms with E-state index in [1.54, 1.807) is 0 Å². The van der Waals surface area contributed by atoms with Crippen LogP contribution in [0.3, 0.4) is 0 Å². The molecule has 0 aliphatic heterocycles. The molecule has 0 atom stereocenters. The maximum absolute atomic E-state index is 6.14. The Morgan fingerprint density at radius 1 is 0.531 bits per heavy atom. The fourth-order valence-corrected chi connectivity index (χ4v) is 3.23. The van der Waals surface area contributed by atoms with Crippen LogP contribution in [0.4, 0.5) is 0 Å². The molecule has 0 aromatic heterocycles. The lowest BCUT2D eigenvalue weighted by Crippen LogP contribution is -2.40. The van der Waals surface area contributed by atoms with Gasteiger partial charge in [0.05, 0.1) is 13.2 Å². The second kappa shape index (κ2) is 20.8. The summed E-state index contributed by atoms with van der Waals surface area (Å²) in [6.45, 7) is 14.1. The van der Waals surface area contributed by atoms with Crippen molar-refractivity contribution >= 4 is 0 Å². The second-order valence-electron chi connectivity index (χ2n) is 6.49. The van der Waals surface area contributed by atoms with Crippen LogP contribution in [-0.2, 0) is 9.47 Å². The predicted octanol–water partition coefficient (Wildman–Crippen LogP) is 7.92. The molecular formula is C28H46O4. The van der Waals surface area contributed by atoms with Gasteiger partial charge in [0.2, 0.25) is 0 Å². The first-order chi connectivity index (χ1) is 15.9. The molecule has 1 saturated carbocycles. The summed E-state index contributed by atoms with van der Waals surface area (Å²) in [4.78, 5) is 0. The molecule has 4 nitrogen and oxygen atoms in total. The molecule has 4 heteroatoms. The van der Waals surface area contributed by atoms with E-state index in [0.29, 0.717) is 26.4 Å². The highest BCUT2D eigenvalue weighted by molar-refractivity contribution is 5.21. The average molecular weight is 447 g/mol. The third kappa shape index (κ3) is 12.7. The summed E-state index contributed by atoms with van der Waals surface area (Å²) in [7, 11) is 0. The Balaban J connectivity index is 0.00000148. The van der Waals surface area contributed by atoms with Crippen molar-refractivity contribution in [1.29, 1.82) is 0 Å². The normalized spacial score (nSPS) is 13.7. The van der Waals surface area contributed by atoms with Gasteiger partial charge >= 0.3 is 0 Å². The molecule has 0 unspecified atom stereocenters. The molecule has 1 aliphatic carbocycles. The summed E-state index contributed by atoms with van der Waals surface area (Å²) < 4.78 is 23.7. The maximum Gasteiger partial charge on any atom is 0.168 e. The molecule has 1 aliphatic rings. The first kappa shape index (κ1) is 30.0. The Morgan fingerprint density at radius 2 is 0.906 bits per heavy atom. The summed E-state index contributed by atoms with van der Waals surface area (Å²) >= 11 is 0. The molecule has 0 saturated heterocycles.